The number of rotatable bonds is 6. The maximum Gasteiger partial charge on any atom is 0.416 e. The lowest BCUT2D eigenvalue weighted by atomic mass is 9.85. The monoisotopic (exact) mass is 413 g/mol. The first kappa shape index (κ1) is 21.1. The summed E-state index contributed by atoms with van der Waals surface area (Å²) in [5, 5.41) is 12.3. The van der Waals surface area contributed by atoms with Crippen LogP contribution < -0.4 is 5.32 Å². The van der Waals surface area contributed by atoms with Gasteiger partial charge in [0.15, 0.2) is 0 Å². The highest BCUT2D eigenvalue weighted by Gasteiger charge is 2.34. The molecule has 3 aromatic carbocycles. The molecule has 0 saturated heterocycles. The van der Waals surface area contributed by atoms with Gasteiger partial charge in [0.2, 0.25) is 0 Å². The first-order valence-electron chi connectivity index (χ1n) is 9.08. The molecule has 0 radical (unpaired) electrons. The van der Waals surface area contributed by atoms with Crippen LogP contribution in [0.4, 0.5) is 13.2 Å². The first-order chi connectivity index (χ1) is 14.3. The molecular weight excluding hydrogens is 395 g/mol. The Kier molecular flexibility index (Phi) is 6.20. The van der Waals surface area contributed by atoms with Crippen molar-refractivity contribution in [2.45, 2.75) is 18.1 Å². The SMILES string of the molecule is O=C(N[C@@H](C(=O)O)C(c1ccccc1)c1ccccc1)c1cccc(C(F)(F)F)c1. The second kappa shape index (κ2) is 8.82. The molecule has 0 saturated carbocycles. The predicted octanol–water partition coefficient (Wildman–Crippen LogP) is 4.72. The van der Waals surface area contributed by atoms with Crippen LogP contribution in [0.3, 0.4) is 0 Å². The van der Waals surface area contributed by atoms with E-state index in [1.54, 1.807) is 60.7 Å². The summed E-state index contributed by atoms with van der Waals surface area (Å²) in [7, 11) is 0. The Balaban J connectivity index is 1.97. The van der Waals surface area contributed by atoms with Gasteiger partial charge >= 0.3 is 12.1 Å². The fourth-order valence-corrected chi connectivity index (χ4v) is 3.25. The zero-order valence-corrected chi connectivity index (χ0v) is 15.6. The van der Waals surface area contributed by atoms with Crippen LogP contribution >= 0.6 is 0 Å². The van der Waals surface area contributed by atoms with E-state index < -0.39 is 35.6 Å². The van der Waals surface area contributed by atoms with Crippen LogP contribution in [0.1, 0.15) is 33.0 Å². The van der Waals surface area contributed by atoms with Gasteiger partial charge < -0.3 is 10.4 Å². The van der Waals surface area contributed by atoms with Crippen molar-refractivity contribution >= 4 is 11.9 Å². The fraction of sp³-hybridized carbons (Fsp3) is 0.130. The number of carbonyl (C=O) groups excluding carboxylic acids is 1. The topological polar surface area (TPSA) is 66.4 Å². The Hall–Kier alpha value is -3.61. The van der Waals surface area contributed by atoms with Gasteiger partial charge in [0.25, 0.3) is 5.91 Å². The van der Waals surface area contributed by atoms with E-state index in [9.17, 15) is 27.9 Å². The lowest BCUT2D eigenvalue weighted by Gasteiger charge is -2.26. The van der Waals surface area contributed by atoms with Crippen LogP contribution in [0.2, 0.25) is 0 Å². The van der Waals surface area contributed by atoms with Crippen LogP contribution in [0, 0.1) is 0 Å². The number of nitrogens with one attached hydrogen (secondary N) is 1. The van der Waals surface area contributed by atoms with Crippen molar-refractivity contribution < 1.29 is 27.9 Å². The third kappa shape index (κ3) is 4.86. The zero-order valence-electron chi connectivity index (χ0n) is 15.6. The first-order valence-corrected chi connectivity index (χ1v) is 9.08. The Labute approximate surface area is 171 Å². The van der Waals surface area contributed by atoms with Gasteiger partial charge in [-0.15, -0.1) is 0 Å². The number of alkyl halides is 3. The van der Waals surface area contributed by atoms with Gasteiger partial charge in [-0.3, -0.25) is 4.79 Å². The second-order valence-electron chi connectivity index (χ2n) is 6.67. The maximum atomic E-state index is 13.0. The smallest absolute Gasteiger partial charge is 0.416 e. The van der Waals surface area contributed by atoms with Gasteiger partial charge in [0.05, 0.1) is 5.56 Å². The molecule has 0 heterocycles. The molecule has 0 aliphatic rings. The average molecular weight is 413 g/mol. The number of hydrogen-bond donors (Lipinski definition) is 2. The van der Waals surface area contributed by atoms with E-state index in [-0.39, 0.29) is 5.56 Å². The number of aliphatic carboxylic acids is 1. The van der Waals surface area contributed by atoms with Crippen molar-refractivity contribution in [1.82, 2.24) is 5.32 Å². The van der Waals surface area contributed by atoms with Gasteiger partial charge in [-0.25, -0.2) is 4.79 Å². The molecule has 0 bridgehead atoms. The number of carboxylic acid groups (broad SMARTS) is 1. The third-order valence-corrected chi connectivity index (χ3v) is 4.66. The second-order valence-corrected chi connectivity index (χ2v) is 6.67. The highest BCUT2D eigenvalue weighted by molar-refractivity contribution is 5.97. The van der Waals surface area contributed by atoms with E-state index in [1.807, 2.05) is 0 Å². The summed E-state index contributed by atoms with van der Waals surface area (Å²) in [6.45, 7) is 0. The van der Waals surface area contributed by atoms with E-state index in [0.717, 1.165) is 12.1 Å². The Morgan fingerprint density at radius 3 is 1.80 bits per heavy atom. The average Bonchev–Trinajstić information content (AvgIpc) is 2.74. The Bertz CT molecular complexity index is 981. The number of halogens is 3. The summed E-state index contributed by atoms with van der Waals surface area (Å²) in [4.78, 5) is 24.7. The summed E-state index contributed by atoms with van der Waals surface area (Å²) in [5.74, 6) is -2.93. The molecule has 7 heteroatoms. The molecule has 3 aromatic rings. The van der Waals surface area contributed by atoms with Gasteiger partial charge in [0.1, 0.15) is 6.04 Å². The van der Waals surface area contributed by atoms with E-state index in [0.29, 0.717) is 17.2 Å². The number of amides is 1. The molecule has 2 N–H and O–H groups in total. The van der Waals surface area contributed by atoms with Crippen LogP contribution in [-0.2, 0) is 11.0 Å². The molecule has 154 valence electrons. The minimum atomic E-state index is -4.61. The highest BCUT2D eigenvalue weighted by Crippen LogP contribution is 2.31. The molecule has 0 aromatic heterocycles. The van der Waals surface area contributed by atoms with Crippen molar-refractivity contribution in [1.29, 1.82) is 0 Å². The lowest BCUT2D eigenvalue weighted by molar-refractivity contribution is -0.140. The summed E-state index contributed by atoms with van der Waals surface area (Å²) in [6, 6.07) is 20.0. The molecule has 3 rings (SSSR count). The Morgan fingerprint density at radius 1 is 0.800 bits per heavy atom. The normalized spacial score (nSPS) is 12.4. The molecule has 4 nitrogen and oxygen atoms in total. The Morgan fingerprint density at radius 2 is 1.33 bits per heavy atom. The molecule has 1 atom stereocenters. The van der Waals surface area contributed by atoms with E-state index >= 15 is 0 Å². The summed E-state index contributed by atoms with van der Waals surface area (Å²) in [6.07, 6.45) is -4.61. The predicted molar refractivity (Wildman–Crippen MR) is 105 cm³/mol. The number of carbonyl (C=O) groups is 2. The van der Waals surface area contributed by atoms with Gasteiger partial charge in [-0.1, -0.05) is 66.7 Å². The zero-order chi connectivity index (χ0) is 21.7. The third-order valence-electron chi connectivity index (χ3n) is 4.66. The molecule has 0 unspecified atom stereocenters. The minimum Gasteiger partial charge on any atom is -0.480 e. The van der Waals surface area contributed by atoms with Crippen molar-refractivity contribution in [3.05, 3.63) is 107 Å². The van der Waals surface area contributed by atoms with E-state index in [1.165, 1.54) is 6.07 Å². The van der Waals surface area contributed by atoms with Gasteiger partial charge in [0, 0.05) is 11.5 Å². The van der Waals surface area contributed by atoms with Crippen molar-refractivity contribution in [3.8, 4) is 0 Å². The molecular formula is C23H18F3NO3. The van der Waals surface area contributed by atoms with Crippen molar-refractivity contribution in [2.75, 3.05) is 0 Å². The molecule has 0 spiro atoms. The molecule has 30 heavy (non-hydrogen) atoms. The van der Waals surface area contributed by atoms with E-state index in [2.05, 4.69) is 5.32 Å². The molecule has 0 aliphatic heterocycles. The molecule has 0 fully saturated rings. The largest absolute Gasteiger partial charge is 0.480 e. The van der Waals surface area contributed by atoms with Crippen molar-refractivity contribution in [3.63, 3.8) is 0 Å². The van der Waals surface area contributed by atoms with Gasteiger partial charge in [-0.05, 0) is 29.3 Å². The summed E-state index contributed by atoms with van der Waals surface area (Å²) >= 11 is 0. The quantitative estimate of drug-likeness (QED) is 0.615. The van der Waals surface area contributed by atoms with Crippen molar-refractivity contribution in [2.24, 2.45) is 0 Å². The molecule has 1 amide bonds. The van der Waals surface area contributed by atoms with Crippen LogP contribution in [0.5, 0.6) is 0 Å². The maximum absolute atomic E-state index is 13.0. The number of hydrogen-bond acceptors (Lipinski definition) is 2. The highest BCUT2D eigenvalue weighted by atomic mass is 19.4. The van der Waals surface area contributed by atoms with Gasteiger partial charge in [-0.2, -0.15) is 13.2 Å². The minimum absolute atomic E-state index is 0.268. The number of carboxylic acids is 1. The fourth-order valence-electron chi connectivity index (χ4n) is 3.25. The standard InChI is InChI=1S/C23H18F3NO3/c24-23(25,26)18-13-7-12-17(14-18)21(28)27-20(22(29)30)19(15-8-3-1-4-9-15)16-10-5-2-6-11-16/h1-14,19-20H,(H,27,28)(H,29,30)/t20-/m1/s1. The summed E-state index contributed by atoms with van der Waals surface area (Å²) in [5.41, 5.74) is 0.0570. The van der Waals surface area contributed by atoms with E-state index in [4.69, 9.17) is 0 Å². The van der Waals surface area contributed by atoms with Crippen LogP contribution in [0.15, 0.2) is 84.9 Å². The van der Waals surface area contributed by atoms with Crippen LogP contribution in [0.25, 0.3) is 0 Å². The van der Waals surface area contributed by atoms with Crippen LogP contribution in [-0.4, -0.2) is 23.0 Å². The number of benzene rings is 3. The lowest BCUT2D eigenvalue weighted by Crippen LogP contribution is -2.45. The summed E-state index contributed by atoms with van der Waals surface area (Å²) < 4.78 is 38.9. The molecule has 0 aliphatic carbocycles.